The number of hydrogen-bond donors (Lipinski definition) is 0. The number of carbonyl (C=O) groups is 1. The van der Waals surface area contributed by atoms with Gasteiger partial charge in [-0.25, -0.2) is 0 Å². The first-order chi connectivity index (χ1) is 6.13. The molecule has 2 nitrogen and oxygen atoms in total. The minimum Gasteiger partial charge on any atom is -0.494 e. The summed E-state index contributed by atoms with van der Waals surface area (Å²) in [4.78, 5) is 11.1. The van der Waals surface area contributed by atoms with Crippen molar-refractivity contribution >= 4 is 28.4 Å². The number of rotatable bonds is 3. The molecular formula is C10H11IO2. The van der Waals surface area contributed by atoms with E-state index in [1.54, 1.807) is 13.0 Å². The maximum absolute atomic E-state index is 11.1. The molecule has 0 amide bonds. The average molecular weight is 290 g/mol. The van der Waals surface area contributed by atoms with Crippen LogP contribution in [0.2, 0.25) is 0 Å². The Morgan fingerprint density at radius 3 is 2.69 bits per heavy atom. The molecule has 3 heteroatoms. The summed E-state index contributed by atoms with van der Waals surface area (Å²) in [5.41, 5.74) is 0.704. The van der Waals surface area contributed by atoms with Crippen LogP contribution in [0.1, 0.15) is 24.2 Å². The van der Waals surface area contributed by atoms with E-state index in [1.165, 1.54) is 0 Å². The molecule has 1 aromatic carbocycles. The van der Waals surface area contributed by atoms with Crippen molar-refractivity contribution in [1.82, 2.24) is 0 Å². The molecule has 0 aliphatic rings. The fourth-order valence-electron chi connectivity index (χ4n) is 1.02. The van der Waals surface area contributed by atoms with Crippen LogP contribution in [0.4, 0.5) is 0 Å². The van der Waals surface area contributed by atoms with Gasteiger partial charge in [0.05, 0.1) is 6.61 Å². The van der Waals surface area contributed by atoms with Gasteiger partial charge in [0, 0.05) is 9.13 Å². The highest BCUT2D eigenvalue weighted by Crippen LogP contribution is 2.19. The number of Topliss-reactive ketones (excluding diaryl/α,β-unsaturated/α-hetero) is 1. The lowest BCUT2D eigenvalue weighted by Gasteiger charge is -2.05. The average Bonchev–Trinajstić information content (AvgIpc) is 2.03. The number of carbonyl (C=O) groups excluding carboxylic acids is 1. The Labute approximate surface area is 91.4 Å². The molecule has 0 heterocycles. The lowest BCUT2D eigenvalue weighted by Crippen LogP contribution is -1.97. The zero-order valence-electron chi connectivity index (χ0n) is 7.63. The summed E-state index contributed by atoms with van der Waals surface area (Å²) in [6.07, 6.45) is 0. The fourth-order valence-corrected chi connectivity index (χ4v) is 1.66. The number of halogens is 1. The molecule has 0 fully saturated rings. The molecule has 0 aromatic heterocycles. The molecule has 0 saturated carbocycles. The molecule has 0 radical (unpaired) electrons. The lowest BCUT2D eigenvalue weighted by atomic mass is 10.1. The first kappa shape index (κ1) is 10.5. The van der Waals surface area contributed by atoms with Crippen LogP contribution in [-0.2, 0) is 0 Å². The smallest absolute Gasteiger partial charge is 0.159 e. The van der Waals surface area contributed by atoms with Crippen molar-refractivity contribution in [2.24, 2.45) is 0 Å². The molecule has 0 bridgehead atoms. The van der Waals surface area contributed by atoms with Crippen LogP contribution < -0.4 is 4.74 Å². The minimum atomic E-state index is 0.0690. The first-order valence-corrected chi connectivity index (χ1v) is 5.15. The maximum Gasteiger partial charge on any atom is 0.159 e. The Balaban J connectivity index is 3.03. The van der Waals surface area contributed by atoms with Crippen LogP contribution in [0, 0.1) is 3.57 Å². The number of benzene rings is 1. The number of ketones is 1. The van der Waals surface area contributed by atoms with E-state index in [4.69, 9.17) is 4.74 Å². The fraction of sp³-hybridized carbons (Fsp3) is 0.300. The van der Waals surface area contributed by atoms with E-state index in [9.17, 15) is 4.79 Å². The van der Waals surface area contributed by atoms with E-state index in [0.29, 0.717) is 12.2 Å². The molecule has 70 valence electrons. The third kappa shape index (κ3) is 2.99. The highest BCUT2D eigenvalue weighted by atomic mass is 127. The summed E-state index contributed by atoms with van der Waals surface area (Å²) < 4.78 is 6.34. The van der Waals surface area contributed by atoms with Gasteiger partial charge in [0.25, 0.3) is 0 Å². The third-order valence-electron chi connectivity index (χ3n) is 1.59. The maximum atomic E-state index is 11.1. The second-order valence-corrected chi connectivity index (χ2v) is 3.91. The van der Waals surface area contributed by atoms with Crippen molar-refractivity contribution in [3.8, 4) is 5.75 Å². The molecule has 0 spiro atoms. The van der Waals surface area contributed by atoms with Crippen LogP contribution in [-0.4, -0.2) is 12.4 Å². The van der Waals surface area contributed by atoms with E-state index in [1.807, 2.05) is 19.1 Å². The zero-order valence-corrected chi connectivity index (χ0v) is 9.79. The van der Waals surface area contributed by atoms with Gasteiger partial charge in [-0.2, -0.15) is 0 Å². The van der Waals surface area contributed by atoms with Crippen molar-refractivity contribution in [3.63, 3.8) is 0 Å². The van der Waals surface area contributed by atoms with E-state index in [-0.39, 0.29) is 5.78 Å². The number of ether oxygens (including phenoxy) is 1. The molecule has 1 rings (SSSR count). The van der Waals surface area contributed by atoms with Gasteiger partial charge in [-0.05, 0) is 54.6 Å². The quantitative estimate of drug-likeness (QED) is 0.632. The van der Waals surface area contributed by atoms with E-state index >= 15 is 0 Å². The van der Waals surface area contributed by atoms with Gasteiger partial charge < -0.3 is 4.74 Å². The van der Waals surface area contributed by atoms with Gasteiger partial charge in [-0.15, -0.1) is 0 Å². The molecule has 0 saturated heterocycles. The van der Waals surface area contributed by atoms with Gasteiger partial charge in [0.1, 0.15) is 5.75 Å². The van der Waals surface area contributed by atoms with Crippen molar-refractivity contribution in [2.45, 2.75) is 13.8 Å². The SMILES string of the molecule is CCOc1cc(I)cc(C(C)=O)c1. The van der Waals surface area contributed by atoms with Crippen LogP contribution >= 0.6 is 22.6 Å². The topological polar surface area (TPSA) is 26.3 Å². The standard InChI is InChI=1S/C10H11IO2/c1-3-13-10-5-8(7(2)12)4-9(11)6-10/h4-6H,3H2,1-2H3. The molecule has 0 N–H and O–H groups in total. The second-order valence-electron chi connectivity index (χ2n) is 2.66. The van der Waals surface area contributed by atoms with Crippen LogP contribution in [0.5, 0.6) is 5.75 Å². The van der Waals surface area contributed by atoms with Crippen molar-refractivity contribution < 1.29 is 9.53 Å². The summed E-state index contributed by atoms with van der Waals surface area (Å²) in [7, 11) is 0. The van der Waals surface area contributed by atoms with Crippen LogP contribution in [0.3, 0.4) is 0 Å². The zero-order chi connectivity index (χ0) is 9.84. The Kier molecular flexibility index (Phi) is 3.71. The molecule has 0 aliphatic carbocycles. The predicted octanol–water partition coefficient (Wildman–Crippen LogP) is 2.89. The molecule has 13 heavy (non-hydrogen) atoms. The van der Waals surface area contributed by atoms with Crippen LogP contribution in [0.25, 0.3) is 0 Å². The Morgan fingerprint density at radius 2 is 2.15 bits per heavy atom. The first-order valence-electron chi connectivity index (χ1n) is 4.08. The molecule has 0 unspecified atom stereocenters. The third-order valence-corrected chi connectivity index (χ3v) is 2.21. The number of hydrogen-bond acceptors (Lipinski definition) is 2. The van der Waals surface area contributed by atoms with Crippen molar-refractivity contribution in [3.05, 3.63) is 27.3 Å². The summed E-state index contributed by atoms with van der Waals surface area (Å²) in [5.74, 6) is 0.832. The monoisotopic (exact) mass is 290 g/mol. The van der Waals surface area contributed by atoms with E-state index in [0.717, 1.165) is 9.32 Å². The summed E-state index contributed by atoms with van der Waals surface area (Å²) in [6.45, 7) is 4.10. The Morgan fingerprint density at radius 1 is 1.46 bits per heavy atom. The minimum absolute atomic E-state index is 0.0690. The van der Waals surface area contributed by atoms with Gasteiger partial charge in [-0.1, -0.05) is 0 Å². The Hall–Kier alpha value is -0.580. The summed E-state index contributed by atoms with van der Waals surface area (Å²) >= 11 is 2.17. The summed E-state index contributed by atoms with van der Waals surface area (Å²) in [6, 6.07) is 5.54. The largest absolute Gasteiger partial charge is 0.494 e. The van der Waals surface area contributed by atoms with Gasteiger partial charge >= 0.3 is 0 Å². The van der Waals surface area contributed by atoms with E-state index in [2.05, 4.69) is 22.6 Å². The molecule has 0 atom stereocenters. The lowest BCUT2D eigenvalue weighted by molar-refractivity contribution is 0.101. The normalized spacial score (nSPS) is 9.77. The van der Waals surface area contributed by atoms with Crippen molar-refractivity contribution in [1.29, 1.82) is 0 Å². The van der Waals surface area contributed by atoms with Crippen molar-refractivity contribution in [2.75, 3.05) is 6.61 Å². The van der Waals surface area contributed by atoms with E-state index < -0.39 is 0 Å². The summed E-state index contributed by atoms with van der Waals surface area (Å²) in [5, 5.41) is 0. The highest BCUT2D eigenvalue weighted by molar-refractivity contribution is 14.1. The molecule has 1 aromatic rings. The molecular weight excluding hydrogens is 279 g/mol. The van der Waals surface area contributed by atoms with Crippen LogP contribution in [0.15, 0.2) is 18.2 Å². The molecule has 0 aliphatic heterocycles. The van der Waals surface area contributed by atoms with Gasteiger partial charge in [-0.3, -0.25) is 4.79 Å². The second kappa shape index (κ2) is 4.60. The highest BCUT2D eigenvalue weighted by Gasteiger charge is 2.03. The Bertz CT molecular complexity index is 321. The van der Waals surface area contributed by atoms with Gasteiger partial charge in [0.2, 0.25) is 0 Å². The van der Waals surface area contributed by atoms with Gasteiger partial charge in [0.15, 0.2) is 5.78 Å². The predicted molar refractivity (Wildman–Crippen MR) is 60.3 cm³/mol.